The Hall–Kier alpha value is -3.07. The highest BCUT2D eigenvalue weighted by Gasteiger charge is 2.38. The smallest absolute Gasteiger partial charge is 0.242 e. The summed E-state index contributed by atoms with van der Waals surface area (Å²) >= 11 is 1.36. The van der Waals surface area contributed by atoms with Crippen LogP contribution in [0.25, 0.3) is 0 Å². The third kappa shape index (κ3) is 10.0. The normalized spacial score (nSPS) is 18.7. The molecule has 0 aliphatic carbocycles. The number of hydrogen-bond donors (Lipinski definition) is 2. The third-order valence-electron chi connectivity index (χ3n) is 7.35. The molecule has 0 saturated carbocycles. The van der Waals surface area contributed by atoms with Crippen molar-refractivity contribution in [1.29, 1.82) is 5.26 Å². The molecule has 1 aromatic rings. The number of benzene rings is 1. The van der Waals surface area contributed by atoms with Gasteiger partial charge in [-0.25, -0.2) is 0 Å². The van der Waals surface area contributed by atoms with E-state index in [1.807, 2.05) is 45.0 Å². The Morgan fingerprint density at radius 3 is 2.33 bits per heavy atom. The minimum Gasteiger partial charge on any atom is -0.383 e. The van der Waals surface area contributed by atoms with Gasteiger partial charge >= 0.3 is 0 Å². The maximum atomic E-state index is 13.3. The molecule has 2 aliphatic heterocycles. The summed E-state index contributed by atoms with van der Waals surface area (Å²) in [6, 6.07) is 9.67. The Morgan fingerprint density at radius 2 is 1.74 bits per heavy atom. The first-order valence-electron chi connectivity index (χ1n) is 14.7. The summed E-state index contributed by atoms with van der Waals surface area (Å²) in [6.07, 6.45) is 2.07. The molecule has 3 rings (SSSR count). The van der Waals surface area contributed by atoms with Gasteiger partial charge in [0, 0.05) is 79.6 Å². The minimum absolute atomic E-state index is 0. The van der Waals surface area contributed by atoms with Crippen molar-refractivity contribution >= 4 is 40.9 Å². The highest BCUT2D eigenvalue weighted by molar-refractivity contribution is 8.04. The summed E-state index contributed by atoms with van der Waals surface area (Å²) in [4.78, 5) is 46.6. The molecule has 10 nitrogen and oxygen atoms in total. The Labute approximate surface area is 259 Å². The van der Waals surface area contributed by atoms with E-state index in [9.17, 15) is 19.6 Å². The largest absolute Gasteiger partial charge is 0.383 e. The van der Waals surface area contributed by atoms with Gasteiger partial charge in [-0.05, 0) is 51.1 Å². The fourth-order valence-electron chi connectivity index (χ4n) is 4.91. The van der Waals surface area contributed by atoms with Gasteiger partial charge < -0.3 is 30.2 Å². The number of amides is 3. The van der Waals surface area contributed by atoms with Crippen molar-refractivity contribution in [3.8, 4) is 6.07 Å². The SMILES string of the molecule is C.CCCN(CC)C(=O)C/C(C#N)=C1\SC(CNc2ccc(NC(=O)CCN3CCN(C)CC3)cc2)C(=O)N1CCC.[HH].[HH]. The number of nitrogens with zero attached hydrogens (tertiary/aromatic N) is 5. The first kappa shape index (κ1) is 35.1. The molecule has 2 heterocycles. The number of anilines is 2. The van der Waals surface area contributed by atoms with Crippen LogP contribution in [0.2, 0.25) is 0 Å². The summed E-state index contributed by atoms with van der Waals surface area (Å²) in [5.41, 5.74) is 1.92. The first-order chi connectivity index (χ1) is 19.8. The Kier molecular flexibility index (Phi) is 14.9. The quantitative estimate of drug-likeness (QED) is 0.298. The molecule has 236 valence electrons. The molecule has 3 amide bonds. The highest BCUT2D eigenvalue weighted by Crippen LogP contribution is 2.38. The van der Waals surface area contributed by atoms with Crippen molar-refractivity contribution in [2.75, 3.05) is 76.6 Å². The van der Waals surface area contributed by atoms with Crippen LogP contribution in [0.1, 0.15) is 56.7 Å². The van der Waals surface area contributed by atoms with Gasteiger partial charge in [0.15, 0.2) is 0 Å². The van der Waals surface area contributed by atoms with Crippen LogP contribution < -0.4 is 10.6 Å². The minimum atomic E-state index is -0.401. The van der Waals surface area contributed by atoms with E-state index in [1.165, 1.54) is 11.8 Å². The van der Waals surface area contributed by atoms with Crippen molar-refractivity contribution in [3.05, 3.63) is 34.9 Å². The molecule has 11 heteroatoms. The van der Waals surface area contributed by atoms with E-state index < -0.39 is 5.25 Å². The number of thioether (sulfide) groups is 1. The fourth-order valence-corrected chi connectivity index (χ4v) is 6.15. The van der Waals surface area contributed by atoms with E-state index >= 15 is 0 Å². The van der Waals surface area contributed by atoms with Crippen molar-refractivity contribution < 1.29 is 17.2 Å². The zero-order chi connectivity index (χ0) is 29.8. The van der Waals surface area contributed by atoms with Gasteiger partial charge in [0.1, 0.15) is 5.25 Å². The maximum Gasteiger partial charge on any atom is 0.242 e. The van der Waals surface area contributed by atoms with Gasteiger partial charge in [-0.3, -0.25) is 14.4 Å². The van der Waals surface area contributed by atoms with E-state index in [-0.39, 0.29) is 34.4 Å². The van der Waals surface area contributed by atoms with Crippen molar-refractivity contribution in [2.45, 2.75) is 59.1 Å². The summed E-state index contributed by atoms with van der Waals surface area (Å²) in [6.45, 7) is 12.9. The molecule has 1 aromatic carbocycles. The number of rotatable bonds is 14. The second-order valence-electron chi connectivity index (χ2n) is 10.5. The Morgan fingerprint density at radius 1 is 1.07 bits per heavy atom. The number of carbonyl (C=O) groups excluding carboxylic acids is 3. The second kappa shape index (κ2) is 17.8. The fraction of sp³-hybridized carbons (Fsp3) is 0.613. The predicted molar refractivity (Wildman–Crippen MR) is 176 cm³/mol. The van der Waals surface area contributed by atoms with Gasteiger partial charge in [-0.15, -0.1) is 0 Å². The average Bonchev–Trinajstić information content (AvgIpc) is 3.28. The predicted octanol–water partition coefficient (Wildman–Crippen LogP) is 4.54. The number of nitriles is 1. The molecule has 0 bridgehead atoms. The summed E-state index contributed by atoms with van der Waals surface area (Å²) in [7, 11) is 2.12. The topological polar surface area (TPSA) is 112 Å². The maximum absolute atomic E-state index is 13.3. The van der Waals surface area contributed by atoms with E-state index in [0.29, 0.717) is 43.2 Å². The molecule has 2 saturated heterocycles. The van der Waals surface area contributed by atoms with E-state index in [0.717, 1.165) is 56.9 Å². The second-order valence-corrected chi connectivity index (χ2v) is 11.7. The summed E-state index contributed by atoms with van der Waals surface area (Å²) in [5, 5.41) is 16.4. The lowest BCUT2D eigenvalue weighted by Gasteiger charge is -2.32. The molecular formula is C31H53N7O3S. The van der Waals surface area contributed by atoms with Crippen LogP contribution in [-0.2, 0) is 14.4 Å². The molecule has 0 aromatic heterocycles. The van der Waals surface area contributed by atoms with Crippen LogP contribution in [0.4, 0.5) is 11.4 Å². The van der Waals surface area contributed by atoms with Crippen LogP contribution in [-0.4, -0.2) is 109 Å². The summed E-state index contributed by atoms with van der Waals surface area (Å²) < 4.78 is 0. The number of piperazine rings is 1. The molecule has 0 spiro atoms. The van der Waals surface area contributed by atoms with Crippen LogP contribution in [0, 0.1) is 11.3 Å². The highest BCUT2D eigenvalue weighted by atomic mass is 32.2. The lowest BCUT2D eigenvalue weighted by Crippen LogP contribution is -2.45. The van der Waals surface area contributed by atoms with Gasteiger partial charge in [-0.2, -0.15) is 5.26 Å². The third-order valence-corrected chi connectivity index (χ3v) is 8.69. The van der Waals surface area contributed by atoms with Crippen molar-refractivity contribution in [2.24, 2.45) is 0 Å². The lowest BCUT2D eigenvalue weighted by atomic mass is 10.2. The first-order valence-corrected chi connectivity index (χ1v) is 15.6. The Bertz CT molecular complexity index is 1120. The zero-order valence-electron chi connectivity index (χ0n) is 24.9. The van der Waals surface area contributed by atoms with Gasteiger partial charge in [-0.1, -0.05) is 33.0 Å². The summed E-state index contributed by atoms with van der Waals surface area (Å²) in [5.74, 6) is -0.142. The average molecular weight is 604 g/mol. The zero-order valence-corrected chi connectivity index (χ0v) is 25.8. The van der Waals surface area contributed by atoms with E-state index in [2.05, 4.69) is 33.6 Å². The molecule has 2 fully saturated rings. The molecule has 1 atom stereocenters. The van der Waals surface area contributed by atoms with Crippen LogP contribution >= 0.6 is 11.8 Å². The van der Waals surface area contributed by atoms with Crippen molar-refractivity contribution in [1.82, 2.24) is 19.6 Å². The van der Waals surface area contributed by atoms with Gasteiger partial charge in [0.05, 0.1) is 23.1 Å². The van der Waals surface area contributed by atoms with E-state index in [4.69, 9.17) is 0 Å². The molecule has 0 radical (unpaired) electrons. The number of carbonyl (C=O) groups is 3. The molecule has 42 heavy (non-hydrogen) atoms. The van der Waals surface area contributed by atoms with Gasteiger partial charge in [0.2, 0.25) is 17.7 Å². The van der Waals surface area contributed by atoms with Crippen LogP contribution in [0.15, 0.2) is 34.9 Å². The van der Waals surface area contributed by atoms with Gasteiger partial charge in [0.25, 0.3) is 0 Å². The lowest BCUT2D eigenvalue weighted by molar-refractivity contribution is -0.130. The van der Waals surface area contributed by atoms with Crippen molar-refractivity contribution in [3.63, 3.8) is 0 Å². The number of hydrogen-bond acceptors (Lipinski definition) is 8. The van der Waals surface area contributed by atoms with Crippen LogP contribution in [0.3, 0.4) is 0 Å². The van der Waals surface area contributed by atoms with Crippen LogP contribution in [0.5, 0.6) is 0 Å². The van der Waals surface area contributed by atoms with E-state index in [1.54, 1.807) is 9.80 Å². The standard InChI is InChI=1S/C30H45N7O3S.CH4.2H2/c1-5-13-36(7-3)28(39)20-23(21-31)30-37(14-6-2)29(40)26(41-30)22-32-24-8-10-25(11-9-24)33-27(38)12-15-35-18-16-34(4)17-19-35;;;/h8-11,26,32H,5-7,12-20,22H2,1-4H3,(H,33,38);1H4;2*1H/b30-23+;;;. The monoisotopic (exact) mass is 603 g/mol. The number of likely N-dealkylation sites (N-methyl/N-ethyl adjacent to an activating group) is 1. The molecular weight excluding hydrogens is 550 g/mol. The Balaban J connectivity index is 0.00000616. The molecule has 1 unspecified atom stereocenters. The molecule has 2 aliphatic rings. The number of nitrogens with one attached hydrogen (secondary N) is 2. The molecule has 2 N–H and O–H groups in total.